The van der Waals surface area contributed by atoms with Crippen molar-refractivity contribution in [1.82, 2.24) is 19.9 Å². The first-order valence-electron chi connectivity index (χ1n) is 8.29. The summed E-state index contributed by atoms with van der Waals surface area (Å²) in [6.45, 7) is 2.06. The Bertz CT molecular complexity index is 942. The molecule has 0 saturated heterocycles. The molecule has 0 bridgehead atoms. The third-order valence-electron chi connectivity index (χ3n) is 4.38. The first-order chi connectivity index (χ1) is 12.6. The highest BCUT2D eigenvalue weighted by atomic mass is 32.2. The number of carbonyl (C=O) groups is 1. The van der Waals surface area contributed by atoms with Gasteiger partial charge in [-0.05, 0) is 37.1 Å². The van der Waals surface area contributed by atoms with E-state index in [9.17, 15) is 4.79 Å². The van der Waals surface area contributed by atoms with Crippen molar-refractivity contribution in [2.75, 3.05) is 16.5 Å². The number of rotatable bonds is 4. The Morgan fingerprint density at radius 3 is 2.92 bits per heavy atom. The molecule has 0 saturated carbocycles. The summed E-state index contributed by atoms with van der Waals surface area (Å²) in [7, 11) is 0. The summed E-state index contributed by atoms with van der Waals surface area (Å²) in [5.74, 6) is 6.91. The van der Waals surface area contributed by atoms with E-state index in [-0.39, 0.29) is 17.7 Å². The minimum Gasteiger partial charge on any atom is -0.335 e. The van der Waals surface area contributed by atoms with Gasteiger partial charge in [-0.1, -0.05) is 30.0 Å². The number of thioether (sulfide) groups is 1. The molecule has 1 aliphatic heterocycles. The van der Waals surface area contributed by atoms with E-state index in [4.69, 9.17) is 5.84 Å². The summed E-state index contributed by atoms with van der Waals surface area (Å²) in [6.07, 6.45) is 4.24. The Kier molecular flexibility index (Phi) is 4.34. The van der Waals surface area contributed by atoms with Crippen molar-refractivity contribution in [3.8, 4) is 11.4 Å². The number of nitrogen functional groups attached to an aromatic ring is 1. The SMILES string of the molecule is C[C@H]1Cc2ccccc2N1C(=O)CSc1nnc(-c2cccnc2)n1N. The average Bonchev–Trinajstić information content (AvgIpc) is 3.19. The van der Waals surface area contributed by atoms with Gasteiger partial charge in [0.05, 0.1) is 5.75 Å². The van der Waals surface area contributed by atoms with E-state index in [1.807, 2.05) is 35.2 Å². The maximum atomic E-state index is 12.8. The van der Waals surface area contributed by atoms with Crippen molar-refractivity contribution in [2.45, 2.75) is 24.5 Å². The number of hydrogen-bond donors (Lipinski definition) is 1. The number of benzene rings is 1. The molecule has 0 unspecified atom stereocenters. The van der Waals surface area contributed by atoms with E-state index in [0.717, 1.165) is 17.7 Å². The zero-order valence-electron chi connectivity index (χ0n) is 14.2. The number of pyridine rings is 1. The second kappa shape index (κ2) is 6.80. The van der Waals surface area contributed by atoms with Gasteiger partial charge in [0.15, 0.2) is 5.82 Å². The largest absolute Gasteiger partial charge is 0.335 e. The van der Waals surface area contributed by atoms with Gasteiger partial charge in [-0.2, -0.15) is 0 Å². The molecule has 2 aromatic heterocycles. The smallest absolute Gasteiger partial charge is 0.237 e. The molecule has 0 fully saturated rings. The van der Waals surface area contributed by atoms with Gasteiger partial charge in [0, 0.05) is 29.7 Å². The minimum absolute atomic E-state index is 0.0402. The number of fused-ring (bicyclic) bond motifs is 1. The molecule has 1 atom stereocenters. The van der Waals surface area contributed by atoms with Crippen molar-refractivity contribution in [2.24, 2.45) is 0 Å². The zero-order valence-corrected chi connectivity index (χ0v) is 15.1. The van der Waals surface area contributed by atoms with Crippen LogP contribution >= 0.6 is 11.8 Å². The number of anilines is 1. The lowest BCUT2D eigenvalue weighted by atomic mass is 10.1. The third kappa shape index (κ3) is 2.92. The Labute approximate surface area is 155 Å². The van der Waals surface area contributed by atoms with Crippen LogP contribution in [0.1, 0.15) is 12.5 Å². The van der Waals surface area contributed by atoms with E-state index in [2.05, 4.69) is 28.2 Å². The molecule has 1 aliphatic rings. The van der Waals surface area contributed by atoms with E-state index >= 15 is 0 Å². The molecular formula is C18H18N6OS. The Morgan fingerprint density at radius 1 is 1.27 bits per heavy atom. The third-order valence-corrected chi connectivity index (χ3v) is 5.31. The molecule has 3 heterocycles. The summed E-state index contributed by atoms with van der Waals surface area (Å²) < 4.78 is 1.40. The molecule has 1 aromatic carbocycles. The highest BCUT2D eigenvalue weighted by Gasteiger charge is 2.30. The highest BCUT2D eigenvalue weighted by Crippen LogP contribution is 2.32. The van der Waals surface area contributed by atoms with Crippen molar-refractivity contribution in [3.05, 3.63) is 54.4 Å². The van der Waals surface area contributed by atoms with E-state index in [0.29, 0.717) is 11.0 Å². The molecule has 3 aromatic rings. The van der Waals surface area contributed by atoms with Crippen LogP contribution in [0.15, 0.2) is 53.9 Å². The minimum atomic E-state index is 0.0402. The predicted octanol–water partition coefficient (Wildman–Crippen LogP) is 2.12. The molecule has 0 spiro atoms. The van der Waals surface area contributed by atoms with Crippen molar-refractivity contribution in [1.29, 1.82) is 0 Å². The monoisotopic (exact) mass is 366 g/mol. The van der Waals surface area contributed by atoms with Gasteiger partial charge in [-0.15, -0.1) is 10.2 Å². The van der Waals surface area contributed by atoms with Crippen LogP contribution in [0.2, 0.25) is 0 Å². The van der Waals surface area contributed by atoms with Crippen LogP contribution in [0.25, 0.3) is 11.4 Å². The molecule has 26 heavy (non-hydrogen) atoms. The van der Waals surface area contributed by atoms with Gasteiger partial charge >= 0.3 is 0 Å². The van der Waals surface area contributed by atoms with Crippen LogP contribution in [-0.2, 0) is 11.2 Å². The molecule has 0 aliphatic carbocycles. The second-order valence-corrected chi connectivity index (χ2v) is 7.09. The number of nitrogens with zero attached hydrogens (tertiary/aromatic N) is 5. The number of amides is 1. The Balaban J connectivity index is 1.48. The van der Waals surface area contributed by atoms with Crippen LogP contribution in [0.5, 0.6) is 0 Å². The Morgan fingerprint density at radius 2 is 2.12 bits per heavy atom. The lowest BCUT2D eigenvalue weighted by Gasteiger charge is -2.22. The first kappa shape index (κ1) is 16.6. The number of hydrogen-bond acceptors (Lipinski definition) is 6. The van der Waals surface area contributed by atoms with Crippen molar-refractivity contribution in [3.63, 3.8) is 0 Å². The summed E-state index contributed by atoms with van der Waals surface area (Å²) >= 11 is 1.29. The molecule has 7 nitrogen and oxygen atoms in total. The normalized spacial score (nSPS) is 15.9. The van der Waals surface area contributed by atoms with Crippen LogP contribution in [0.3, 0.4) is 0 Å². The first-order valence-corrected chi connectivity index (χ1v) is 9.27. The summed E-state index contributed by atoms with van der Waals surface area (Å²) in [5, 5.41) is 8.72. The molecule has 0 radical (unpaired) electrons. The lowest BCUT2D eigenvalue weighted by Crippen LogP contribution is -2.37. The molecule has 8 heteroatoms. The highest BCUT2D eigenvalue weighted by molar-refractivity contribution is 7.99. The number of aromatic nitrogens is 4. The fourth-order valence-corrected chi connectivity index (χ4v) is 3.92. The van der Waals surface area contributed by atoms with Crippen LogP contribution in [0, 0.1) is 0 Å². The van der Waals surface area contributed by atoms with Crippen molar-refractivity contribution >= 4 is 23.4 Å². The van der Waals surface area contributed by atoms with Crippen LogP contribution in [0.4, 0.5) is 5.69 Å². The molecule has 2 N–H and O–H groups in total. The van der Waals surface area contributed by atoms with Crippen LogP contribution < -0.4 is 10.7 Å². The van der Waals surface area contributed by atoms with E-state index < -0.39 is 0 Å². The second-order valence-electron chi connectivity index (χ2n) is 6.15. The molecule has 1 amide bonds. The molecule has 132 valence electrons. The number of para-hydroxylation sites is 1. The summed E-state index contributed by atoms with van der Waals surface area (Å²) in [5.41, 5.74) is 2.98. The van der Waals surface area contributed by atoms with E-state index in [1.54, 1.807) is 12.4 Å². The van der Waals surface area contributed by atoms with Gasteiger partial charge in [-0.25, -0.2) is 4.68 Å². The number of carbonyl (C=O) groups excluding carboxylic acids is 1. The van der Waals surface area contributed by atoms with Gasteiger partial charge < -0.3 is 10.7 Å². The van der Waals surface area contributed by atoms with Gasteiger partial charge in [0.1, 0.15) is 0 Å². The average molecular weight is 366 g/mol. The van der Waals surface area contributed by atoms with Crippen molar-refractivity contribution < 1.29 is 4.79 Å². The zero-order chi connectivity index (χ0) is 18.1. The lowest BCUT2D eigenvalue weighted by molar-refractivity contribution is -0.116. The van der Waals surface area contributed by atoms with Gasteiger partial charge in [0.2, 0.25) is 11.1 Å². The van der Waals surface area contributed by atoms with Gasteiger partial charge in [0.25, 0.3) is 0 Å². The quantitative estimate of drug-likeness (QED) is 0.562. The molecule has 4 rings (SSSR count). The maximum absolute atomic E-state index is 12.8. The standard InChI is InChI=1S/C18H18N6OS/c1-12-9-13-5-2-3-7-15(13)23(12)16(25)11-26-18-22-21-17(24(18)19)14-6-4-8-20-10-14/h2-8,10,12H,9,11,19H2,1H3/t12-/m0/s1. The molecular weight excluding hydrogens is 348 g/mol. The fourth-order valence-electron chi connectivity index (χ4n) is 3.21. The number of nitrogens with two attached hydrogens (primary N) is 1. The fraction of sp³-hybridized carbons (Fsp3) is 0.222. The topological polar surface area (TPSA) is 89.9 Å². The van der Waals surface area contributed by atoms with E-state index in [1.165, 1.54) is 22.0 Å². The van der Waals surface area contributed by atoms with Crippen LogP contribution in [-0.4, -0.2) is 37.6 Å². The summed E-state index contributed by atoms with van der Waals surface area (Å²) in [6, 6.07) is 11.9. The maximum Gasteiger partial charge on any atom is 0.237 e. The Hall–Kier alpha value is -2.87. The predicted molar refractivity (Wildman–Crippen MR) is 101 cm³/mol. The van der Waals surface area contributed by atoms with Gasteiger partial charge in [-0.3, -0.25) is 9.78 Å². The summed E-state index contributed by atoms with van der Waals surface area (Å²) in [4.78, 5) is 18.7.